The fraction of sp³-hybridized carbons (Fsp3) is 0.833. The molecule has 0 rings (SSSR count). The van der Waals surface area contributed by atoms with E-state index in [1.807, 2.05) is 13.0 Å². The van der Waals surface area contributed by atoms with Crippen LogP contribution in [0.2, 0.25) is 0 Å². The van der Waals surface area contributed by atoms with E-state index in [-0.39, 0.29) is 0 Å². The van der Waals surface area contributed by atoms with Crippen molar-refractivity contribution in [1.29, 1.82) is 0 Å². The van der Waals surface area contributed by atoms with Crippen molar-refractivity contribution in [2.75, 3.05) is 26.3 Å². The lowest BCUT2D eigenvalue weighted by Gasteiger charge is -2.13. The van der Waals surface area contributed by atoms with Crippen LogP contribution in [0, 0.1) is 5.92 Å². The summed E-state index contributed by atoms with van der Waals surface area (Å²) >= 11 is 0. The van der Waals surface area contributed by atoms with E-state index in [2.05, 4.69) is 25.2 Å². The Morgan fingerprint density at radius 3 is 2.67 bits per heavy atom. The number of rotatable bonds is 9. The highest BCUT2D eigenvalue weighted by Gasteiger charge is 2.03. The smallest absolute Gasteiger partial charge is 0.0897 e. The number of hydrogen-bond acceptors (Lipinski definition) is 3. The van der Waals surface area contributed by atoms with Crippen LogP contribution in [0.15, 0.2) is 12.2 Å². The van der Waals surface area contributed by atoms with Crippen molar-refractivity contribution in [3.05, 3.63) is 12.2 Å². The molecule has 0 amide bonds. The molecule has 0 spiro atoms. The predicted octanol–water partition coefficient (Wildman–Crippen LogP) is 1.58. The van der Waals surface area contributed by atoms with Gasteiger partial charge in [-0.05, 0) is 25.8 Å². The lowest BCUT2D eigenvalue weighted by molar-refractivity contribution is 0.0263. The Bertz CT molecular complexity index is 158. The van der Waals surface area contributed by atoms with Gasteiger partial charge in [0, 0.05) is 13.2 Å². The van der Waals surface area contributed by atoms with Gasteiger partial charge in [-0.15, -0.1) is 0 Å². The molecule has 0 aromatic carbocycles. The van der Waals surface area contributed by atoms with Crippen LogP contribution in [0.25, 0.3) is 0 Å². The summed E-state index contributed by atoms with van der Waals surface area (Å²) in [5.74, 6) is 0.528. The third-order valence-electron chi connectivity index (χ3n) is 1.86. The first-order chi connectivity index (χ1) is 7.16. The molecule has 1 atom stereocenters. The minimum Gasteiger partial charge on any atom is -0.389 e. The van der Waals surface area contributed by atoms with E-state index >= 15 is 0 Å². The van der Waals surface area contributed by atoms with Gasteiger partial charge >= 0.3 is 0 Å². The van der Waals surface area contributed by atoms with Crippen LogP contribution in [-0.4, -0.2) is 37.5 Å². The van der Waals surface area contributed by atoms with Gasteiger partial charge in [-0.2, -0.15) is 0 Å². The molecular formula is C12H25NO2. The molecule has 0 aliphatic carbocycles. The van der Waals surface area contributed by atoms with E-state index in [1.165, 1.54) is 0 Å². The van der Waals surface area contributed by atoms with Crippen LogP contribution in [0.5, 0.6) is 0 Å². The van der Waals surface area contributed by atoms with Crippen molar-refractivity contribution in [2.45, 2.75) is 33.3 Å². The maximum atomic E-state index is 9.51. The third-order valence-corrected chi connectivity index (χ3v) is 1.86. The molecule has 0 aromatic heterocycles. The van der Waals surface area contributed by atoms with E-state index in [0.717, 1.165) is 19.6 Å². The Hall–Kier alpha value is -0.380. The van der Waals surface area contributed by atoms with Crippen molar-refractivity contribution >= 4 is 0 Å². The van der Waals surface area contributed by atoms with Gasteiger partial charge in [0.05, 0.1) is 12.7 Å². The number of aliphatic hydroxyl groups excluding tert-OH is 1. The minimum atomic E-state index is -0.394. The zero-order chi connectivity index (χ0) is 11.5. The van der Waals surface area contributed by atoms with Crippen molar-refractivity contribution < 1.29 is 9.84 Å². The molecule has 3 heteroatoms. The largest absolute Gasteiger partial charge is 0.389 e. The van der Waals surface area contributed by atoms with Gasteiger partial charge in [0.1, 0.15) is 0 Å². The molecule has 0 bridgehead atoms. The first-order valence-electron chi connectivity index (χ1n) is 5.74. The summed E-state index contributed by atoms with van der Waals surface area (Å²) in [6, 6.07) is 0. The number of allylic oxidation sites excluding steroid dienone is 1. The molecule has 0 saturated carbocycles. The molecule has 1 unspecified atom stereocenters. The molecule has 0 saturated heterocycles. The molecule has 3 nitrogen and oxygen atoms in total. The molecular weight excluding hydrogens is 190 g/mol. The van der Waals surface area contributed by atoms with Crippen LogP contribution in [-0.2, 0) is 4.74 Å². The van der Waals surface area contributed by atoms with Crippen molar-refractivity contribution in [3.8, 4) is 0 Å². The van der Waals surface area contributed by atoms with Gasteiger partial charge in [0.15, 0.2) is 0 Å². The first kappa shape index (κ1) is 14.6. The summed E-state index contributed by atoms with van der Waals surface area (Å²) < 4.78 is 5.33. The second kappa shape index (κ2) is 10.1. The molecule has 0 aromatic rings. The van der Waals surface area contributed by atoms with E-state index < -0.39 is 6.10 Å². The Morgan fingerprint density at radius 1 is 1.33 bits per heavy atom. The second-order valence-electron chi connectivity index (χ2n) is 4.15. The molecule has 0 fully saturated rings. The number of aliphatic hydroxyl groups is 1. The molecule has 15 heavy (non-hydrogen) atoms. The van der Waals surface area contributed by atoms with E-state index in [0.29, 0.717) is 19.1 Å². The Kier molecular flexibility index (Phi) is 9.89. The van der Waals surface area contributed by atoms with Gasteiger partial charge in [0.25, 0.3) is 0 Å². The number of hydrogen-bond donors (Lipinski definition) is 2. The quantitative estimate of drug-likeness (QED) is 0.453. The van der Waals surface area contributed by atoms with E-state index in [4.69, 9.17) is 4.74 Å². The monoisotopic (exact) mass is 215 g/mol. The summed E-state index contributed by atoms with van der Waals surface area (Å²) in [6.07, 6.45) is 4.75. The van der Waals surface area contributed by atoms with Crippen LogP contribution in [0.1, 0.15) is 27.2 Å². The lowest BCUT2D eigenvalue weighted by Crippen LogP contribution is -2.31. The Balaban J connectivity index is 3.22. The maximum Gasteiger partial charge on any atom is 0.0897 e. The van der Waals surface area contributed by atoms with Crippen molar-refractivity contribution in [1.82, 2.24) is 5.32 Å². The van der Waals surface area contributed by atoms with Crippen LogP contribution < -0.4 is 5.32 Å². The maximum absolute atomic E-state index is 9.51. The summed E-state index contributed by atoms with van der Waals surface area (Å²) in [6.45, 7) is 8.86. The molecule has 0 heterocycles. The average molecular weight is 215 g/mol. The van der Waals surface area contributed by atoms with Gasteiger partial charge < -0.3 is 15.2 Å². The van der Waals surface area contributed by atoms with Gasteiger partial charge in [0.2, 0.25) is 0 Å². The summed E-state index contributed by atoms with van der Waals surface area (Å²) in [7, 11) is 0. The average Bonchev–Trinajstić information content (AvgIpc) is 2.17. The second-order valence-corrected chi connectivity index (χ2v) is 4.15. The van der Waals surface area contributed by atoms with Gasteiger partial charge in [-0.1, -0.05) is 26.0 Å². The SMILES string of the molecule is C/C=C/CCNCC(O)COCC(C)C. The highest BCUT2D eigenvalue weighted by molar-refractivity contribution is 4.77. The zero-order valence-electron chi connectivity index (χ0n) is 10.2. The predicted molar refractivity (Wildman–Crippen MR) is 64.0 cm³/mol. The van der Waals surface area contributed by atoms with Crippen LogP contribution >= 0.6 is 0 Å². The Labute approximate surface area is 93.5 Å². The van der Waals surface area contributed by atoms with Crippen LogP contribution in [0.4, 0.5) is 0 Å². The van der Waals surface area contributed by atoms with Gasteiger partial charge in [-0.25, -0.2) is 0 Å². The first-order valence-corrected chi connectivity index (χ1v) is 5.74. The normalized spacial score (nSPS) is 13.9. The molecule has 0 radical (unpaired) electrons. The highest BCUT2D eigenvalue weighted by atomic mass is 16.5. The van der Waals surface area contributed by atoms with Crippen molar-refractivity contribution in [2.24, 2.45) is 5.92 Å². The Morgan fingerprint density at radius 2 is 2.07 bits per heavy atom. The molecule has 0 aliphatic heterocycles. The molecule has 90 valence electrons. The third kappa shape index (κ3) is 11.5. The topological polar surface area (TPSA) is 41.5 Å². The van der Waals surface area contributed by atoms with Crippen LogP contribution in [0.3, 0.4) is 0 Å². The fourth-order valence-electron chi connectivity index (χ4n) is 1.12. The van der Waals surface area contributed by atoms with Gasteiger partial charge in [-0.3, -0.25) is 0 Å². The summed E-state index contributed by atoms with van der Waals surface area (Å²) in [5, 5.41) is 12.7. The van der Waals surface area contributed by atoms with E-state index in [9.17, 15) is 5.11 Å². The lowest BCUT2D eigenvalue weighted by atomic mass is 10.2. The van der Waals surface area contributed by atoms with Crippen molar-refractivity contribution in [3.63, 3.8) is 0 Å². The highest BCUT2D eigenvalue weighted by Crippen LogP contribution is 1.93. The standard InChI is InChI=1S/C12H25NO2/c1-4-5-6-7-13-8-12(14)10-15-9-11(2)3/h4-5,11-14H,6-10H2,1-3H3/b5-4+. The minimum absolute atomic E-state index is 0.394. The molecule has 0 aliphatic rings. The summed E-state index contributed by atoms with van der Waals surface area (Å²) in [4.78, 5) is 0. The molecule has 2 N–H and O–H groups in total. The number of ether oxygens (including phenoxy) is 1. The summed E-state index contributed by atoms with van der Waals surface area (Å²) in [5.41, 5.74) is 0. The van der Waals surface area contributed by atoms with E-state index in [1.54, 1.807) is 0 Å². The number of nitrogens with one attached hydrogen (secondary N) is 1. The zero-order valence-corrected chi connectivity index (χ0v) is 10.2. The fourth-order valence-corrected chi connectivity index (χ4v) is 1.12.